The Morgan fingerprint density at radius 1 is 1.00 bits per heavy atom. The molecule has 1 aromatic heterocycles. The van der Waals surface area contributed by atoms with Crippen molar-refractivity contribution in [3.63, 3.8) is 0 Å². The van der Waals surface area contributed by atoms with Gasteiger partial charge in [0.1, 0.15) is 11.6 Å². The van der Waals surface area contributed by atoms with Crippen molar-refractivity contribution < 1.29 is 0 Å². The smallest absolute Gasteiger partial charge is 0.144 e. The first kappa shape index (κ1) is 14.5. The van der Waals surface area contributed by atoms with Crippen molar-refractivity contribution in [3.05, 3.63) is 59.4 Å². The van der Waals surface area contributed by atoms with E-state index in [9.17, 15) is 0 Å². The van der Waals surface area contributed by atoms with Crippen LogP contribution in [0.3, 0.4) is 0 Å². The summed E-state index contributed by atoms with van der Waals surface area (Å²) in [5.74, 6) is 1.74. The van der Waals surface area contributed by atoms with Crippen LogP contribution in [-0.2, 0) is 6.42 Å². The number of aryl methyl sites for hydroxylation is 3. The number of nitrogens with zero attached hydrogens (tertiary/aromatic N) is 3. The molecule has 0 aliphatic carbocycles. The van der Waals surface area contributed by atoms with Gasteiger partial charge in [0, 0.05) is 18.1 Å². The first-order valence-corrected chi connectivity index (χ1v) is 7.66. The molecule has 0 unspecified atom stereocenters. The highest BCUT2D eigenvalue weighted by Crippen LogP contribution is 2.29. The highest BCUT2D eigenvalue weighted by Gasteiger charge is 2.12. The molecule has 0 aliphatic heterocycles. The molecule has 3 heteroatoms. The van der Waals surface area contributed by atoms with Crippen molar-refractivity contribution in [3.8, 4) is 0 Å². The predicted octanol–water partition coefficient (Wildman–Crippen LogP) is 4.58. The molecule has 0 fully saturated rings. The van der Waals surface area contributed by atoms with Gasteiger partial charge in [-0.3, -0.25) is 0 Å². The molecule has 0 radical (unpaired) electrons. The molecule has 3 aromatic rings. The van der Waals surface area contributed by atoms with Gasteiger partial charge in [0.05, 0.1) is 5.52 Å². The van der Waals surface area contributed by atoms with Crippen LogP contribution in [0.2, 0.25) is 0 Å². The first-order chi connectivity index (χ1) is 10.6. The Bertz CT molecular complexity index is 824. The summed E-state index contributed by atoms with van der Waals surface area (Å²) in [6.45, 7) is 6.29. The van der Waals surface area contributed by atoms with E-state index in [1.54, 1.807) is 0 Å². The Balaban J connectivity index is 2.12. The minimum Gasteiger partial charge on any atom is -0.329 e. The zero-order chi connectivity index (χ0) is 15.7. The number of aromatic nitrogens is 2. The average Bonchev–Trinajstić information content (AvgIpc) is 2.53. The number of fused-ring (bicyclic) bond motifs is 1. The maximum atomic E-state index is 4.66. The predicted molar refractivity (Wildman–Crippen MR) is 92.9 cm³/mol. The van der Waals surface area contributed by atoms with E-state index >= 15 is 0 Å². The minimum atomic E-state index is 0.794. The molecule has 0 saturated heterocycles. The number of para-hydroxylation sites is 1. The van der Waals surface area contributed by atoms with Gasteiger partial charge in [0.25, 0.3) is 0 Å². The second-order valence-electron chi connectivity index (χ2n) is 5.63. The molecule has 0 atom stereocenters. The van der Waals surface area contributed by atoms with Crippen LogP contribution in [0, 0.1) is 13.8 Å². The van der Waals surface area contributed by atoms with Gasteiger partial charge in [-0.2, -0.15) is 0 Å². The fourth-order valence-corrected chi connectivity index (χ4v) is 2.84. The highest BCUT2D eigenvalue weighted by atomic mass is 15.2. The van der Waals surface area contributed by atoms with Gasteiger partial charge in [-0.25, -0.2) is 9.97 Å². The van der Waals surface area contributed by atoms with Crippen LogP contribution in [0.5, 0.6) is 0 Å². The molecule has 2 aromatic carbocycles. The van der Waals surface area contributed by atoms with E-state index in [0.29, 0.717) is 0 Å². The molecule has 0 N–H and O–H groups in total. The molecule has 3 rings (SSSR count). The fourth-order valence-electron chi connectivity index (χ4n) is 2.84. The Kier molecular flexibility index (Phi) is 3.80. The van der Waals surface area contributed by atoms with Gasteiger partial charge >= 0.3 is 0 Å². The van der Waals surface area contributed by atoms with E-state index in [-0.39, 0.29) is 0 Å². The quantitative estimate of drug-likeness (QED) is 0.707. The molecule has 112 valence electrons. The van der Waals surface area contributed by atoms with Gasteiger partial charge in [0.15, 0.2) is 0 Å². The molecule has 0 amide bonds. The summed E-state index contributed by atoms with van der Waals surface area (Å²) in [5.41, 5.74) is 4.85. The molecular weight excluding hydrogens is 270 g/mol. The van der Waals surface area contributed by atoms with Crippen LogP contribution >= 0.6 is 0 Å². The number of rotatable bonds is 3. The van der Waals surface area contributed by atoms with Crippen LogP contribution < -0.4 is 4.90 Å². The number of benzene rings is 2. The third kappa shape index (κ3) is 2.54. The van der Waals surface area contributed by atoms with Gasteiger partial charge in [-0.05, 0) is 55.7 Å². The Labute approximate surface area is 131 Å². The number of hydrogen-bond acceptors (Lipinski definition) is 3. The summed E-state index contributed by atoms with van der Waals surface area (Å²) in [4.78, 5) is 11.3. The van der Waals surface area contributed by atoms with E-state index < -0.39 is 0 Å². The van der Waals surface area contributed by atoms with E-state index in [1.165, 1.54) is 11.1 Å². The standard InChI is InChI=1S/C19H21N3/c1-5-15-10-11-16(12-13(15)2)22(4)19-17-8-6-7-9-18(17)20-14(3)21-19/h6-12H,5H2,1-4H3. The zero-order valence-corrected chi connectivity index (χ0v) is 13.6. The highest BCUT2D eigenvalue weighted by molar-refractivity contribution is 5.91. The summed E-state index contributed by atoms with van der Waals surface area (Å²) in [6, 6.07) is 14.8. The van der Waals surface area contributed by atoms with Gasteiger partial charge in [0.2, 0.25) is 0 Å². The minimum absolute atomic E-state index is 0.794. The van der Waals surface area contributed by atoms with Crippen LogP contribution in [0.1, 0.15) is 23.9 Å². The molecule has 22 heavy (non-hydrogen) atoms. The van der Waals surface area contributed by atoms with E-state index in [1.807, 2.05) is 25.1 Å². The van der Waals surface area contributed by atoms with Crippen molar-refractivity contribution in [2.45, 2.75) is 27.2 Å². The molecule has 3 nitrogen and oxygen atoms in total. The van der Waals surface area contributed by atoms with Gasteiger partial charge in [-0.15, -0.1) is 0 Å². The Morgan fingerprint density at radius 3 is 2.50 bits per heavy atom. The van der Waals surface area contributed by atoms with Crippen LogP contribution in [0.25, 0.3) is 10.9 Å². The number of anilines is 2. The van der Waals surface area contributed by atoms with Crippen molar-refractivity contribution in [2.75, 3.05) is 11.9 Å². The lowest BCUT2D eigenvalue weighted by Crippen LogP contribution is -2.13. The lowest BCUT2D eigenvalue weighted by molar-refractivity contribution is 1.04. The molecular formula is C19H21N3. The van der Waals surface area contributed by atoms with Crippen molar-refractivity contribution in [2.24, 2.45) is 0 Å². The molecule has 0 spiro atoms. The maximum Gasteiger partial charge on any atom is 0.144 e. The molecule has 0 bridgehead atoms. The average molecular weight is 291 g/mol. The summed E-state index contributed by atoms with van der Waals surface area (Å²) in [7, 11) is 2.06. The largest absolute Gasteiger partial charge is 0.329 e. The third-order valence-electron chi connectivity index (χ3n) is 4.11. The second kappa shape index (κ2) is 5.76. The monoisotopic (exact) mass is 291 g/mol. The van der Waals surface area contributed by atoms with Crippen LogP contribution in [0.15, 0.2) is 42.5 Å². The summed E-state index contributed by atoms with van der Waals surface area (Å²) in [5, 5.41) is 1.08. The fraction of sp³-hybridized carbons (Fsp3) is 0.263. The summed E-state index contributed by atoms with van der Waals surface area (Å²) in [6.07, 6.45) is 1.06. The van der Waals surface area contributed by atoms with Crippen LogP contribution in [-0.4, -0.2) is 17.0 Å². The first-order valence-electron chi connectivity index (χ1n) is 7.66. The van der Waals surface area contributed by atoms with E-state index in [2.05, 4.69) is 60.0 Å². The van der Waals surface area contributed by atoms with E-state index in [0.717, 1.165) is 34.7 Å². The van der Waals surface area contributed by atoms with Gasteiger partial charge < -0.3 is 4.90 Å². The molecule has 0 aliphatic rings. The van der Waals surface area contributed by atoms with Crippen molar-refractivity contribution in [1.82, 2.24) is 9.97 Å². The van der Waals surface area contributed by atoms with Crippen molar-refractivity contribution >= 4 is 22.4 Å². The topological polar surface area (TPSA) is 29.0 Å². The maximum absolute atomic E-state index is 4.66. The lowest BCUT2D eigenvalue weighted by Gasteiger charge is -2.21. The number of hydrogen-bond donors (Lipinski definition) is 0. The Morgan fingerprint density at radius 2 is 1.77 bits per heavy atom. The summed E-state index contributed by atoms with van der Waals surface area (Å²) < 4.78 is 0. The molecule has 0 saturated carbocycles. The normalized spacial score (nSPS) is 10.9. The van der Waals surface area contributed by atoms with E-state index in [4.69, 9.17) is 0 Å². The Hall–Kier alpha value is -2.42. The lowest BCUT2D eigenvalue weighted by atomic mass is 10.1. The van der Waals surface area contributed by atoms with Gasteiger partial charge in [-0.1, -0.05) is 25.1 Å². The van der Waals surface area contributed by atoms with Crippen LogP contribution in [0.4, 0.5) is 11.5 Å². The summed E-state index contributed by atoms with van der Waals surface area (Å²) >= 11 is 0. The van der Waals surface area contributed by atoms with Crippen molar-refractivity contribution in [1.29, 1.82) is 0 Å². The SMILES string of the molecule is CCc1ccc(N(C)c2nc(C)nc3ccccc23)cc1C. The zero-order valence-electron chi connectivity index (χ0n) is 13.6. The molecule has 1 heterocycles. The third-order valence-corrected chi connectivity index (χ3v) is 4.11. The second-order valence-corrected chi connectivity index (χ2v) is 5.63.